The summed E-state index contributed by atoms with van der Waals surface area (Å²) in [5.74, 6) is -0.0291. The molecule has 0 fully saturated rings. The maximum atomic E-state index is 7.30. The third kappa shape index (κ3) is 1.05. The molecule has 0 aliphatic rings. The van der Waals surface area contributed by atoms with Gasteiger partial charge in [0.1, 0.15) is 11.5 Å². The van der Waals surface area contributed by atoms with Crippen molar-refractivity contribution in [1.82, 2.24) is 14.8 Å². The number of nitrogens with two attached hydrogens (primary N) is 1. The highest BCUT2D eigenvalue weighted by Crippen LogP contribution is 2.13. The normalized spacial score (nSPS) is 10.5. The van der Waals surface area contributed by atoms with Crippen LogP contribution in [-0.2, 0) is 7.05 Å². The molecule has 2 aromatic rings. The quantitative estimate of drug-likeness (QED) is 0.481. The van der Waals surface area contributed by atoms with E-state index in [1.165, 1.54) is 0 Å². The molecule has 5 nitrogen and oxygen atoms in total. The second-order valence-corrected chi connectivity index (χ2v) is 2.76. The first-order chi connectivity index (χ1) is 6.20. The van der Waals surface area contributed by atoms with Gasteiger partial charge in [-0.25, -0.2) is 9.67 Å². The minimum atomic E-state index is -0.0291. The van der Waals surface area contributed by atoms with E-state index in [9.17, 15) is 0 Å². The van der Waals surface area contributed by atoms with Gasteiger partial charge in [0.2, 0.25) is 0 Å². The topological polar surface area (TPSA) is 80.6 Å². The van der Waals surface area contributed by atoms with Crippen LogP contribution in [-0.4, -0.2) is 20.6 Å². The van der Waals surface area contributed by atoms with Gasteiger partial charge >= 0.3 is 0 Å². The molecule has 0 atom stereocenters. The lowest BCUT2D eigenvalue weighted by Gasteiger charge is -1.90. The monoisotopic (exact) mass is 175 g/mol. The Morgan fingerprint density at radius 3 is 3.08 bits per heavy atom. The van der Waals surface area contributed by atoms with Crippen molar-refractivity contribution < 1.29 is 0 Å². The predicted molar refractivity (Wildman–Crippen MR) is 49.5 cm³/mol. The Hall–Kier alpha value is -1.91. The fraction of sp³-hybridized carbons (Fsp3) is 0.125. The van der Waals surface area contributed by atoms with E-state index in [-0.39, 0.29) is 5.84 Å². The molecule has 0 aromatic carbocycles. The van der Waals surface area contributed by atoms with Crippen LogP contribution in [0.4, 0.5) is 0 Å². The summed E-state index contributed by atoms with van der Waals surface area (Å²) in [6.45, 7) is 0. The number of pyridine rings is 1. The van der Waals surface area contributed by atoms with E-state index < -0.39 is 0 Å². The van der Waals surface area contributed by atoms with E-state index in [4.69, 9.17) is 11.1 Å². The molecule has 5 heteroatoms. The second kappa shape index (κ2) is 2.55. The van der Waals surface area contributed by atoms with Crippen LogP contribution in [0.25, 0.3) is 11.0 Å². The van der Waals surface area contributed by atoms with E-state index in [0.717, 1.165) is 11.0 Å². The average Bonchev–Trinajstić information content (AvgIpc) is 2.45. The number of nitrogens with zero attached hydrogens (tertiary/aromatic N) is 3. The van der Waals surface area contributed by atoms with Crippen molar-refractivity contribution in [3.63, 3.8) is 0 Å². The Bertz CT molecular complexity index is 470. The van der Waals surface area contributed by atoms with Gasteiger partial charge in [-0.1, -0.05) is 0 Å². The molecule has 3 N–H and O–H groups in total. The van der Waals surface area contributed by atoms with E-state index in [0.29, 0.717) is 5.69 Å². The molecule has 66 valence electrons. The zero-order valence-corrected chi connectivity index (χ0v) is 7.15. The molecule has 0 unspecified atom stereocenters. The van der Waals surface area contributed by atoms with Crippen molar-refractivity contribution in [2.75, 3.05) is 0 Å². The molecule has 0 spiro atoms. The smallest absolute Gasteiger partial charge is 0.158 e. The number of amidine groups is 1. The van der Waals surface area contributed by atoms with Crippen molar-refractivity contribution in [3.05, 3.63) is 24.0 Å². The first kappa shape index (κ1) is 7.72. The first-order valence-electron chi connectivity index (χ1n) is 3.82. The number of hydrogen-bond acceptors (Lipinski definition) is 3. The lowest BCUT2D eigenvalue weighted by molar-refractivity contribution is 0.782. The number of fused-ring (bicyclic) bond motifs is 1. The summed E-state index contributed by atoms with van der Waals surface area (Å²) in [5, 5.41) is 12.2. The molecule has 0 amide bonds. The summed E-state index contributed by atoms with van der Waals surface area (Å²) < 4.78 is 1.62. The van der Waals surface area contributed by atoms with Crippen LogP contribution in [0.3, 0.4) is 0 Å². The summed E-state index contributed by atoms with van der Waals surface area (Å²) in [4.78, 5) is 4.13. The number of rotatable bonds is 1. The summed E-state index contributed by atoms with van der Waals surface area (Å²) in [7, 11) is 1.78. The van der Waals surface area contributed by atoms with Gasteiger partial charge in [-0.15, -0.1) is 0 Å². The Morgan fingerprint density at radius 1 is 1.62 bits per heavy atom. The largest absolute Gasteiger partial charge is 0.382 e. The maximum absolute atomic E-state index is 7.30. The van der Waals surface area contributed by atoms with Gasteiger partial charge in [0.25, 0.3) is 0 Å². The summed E-state index contributed by atoms with van der Waals surface area (Å²) in [6, 6.07) is 3.66. The van der Waals surface area contributed by atoms with E-state index in [1.54, 1.807) is 24.0 Å². The Labute approximate surface area is 74.7 Å². The third-order valence-corrected chi connectivity index (χ3v) is 1.85. The highest BCUT2D eigenvalue weighted by atomic mass is 15.3. The molecule has 2 rings (SSSR count). The van der Waals surface area contributed by atoms with Gasteiger partial charge in [-0.05, 0) is 12.1 Å². The van der Waals surface area contributed by atoms with Crippen LogP contribution in [0.1, 0.15) is 5.69 Å². The van der Waals surface area contributed by atoms with E-state index in [1.807, 2.05) is 6.07 Å². The van der Waals surface area contributed by atoms with E-state index in [2.05, 4.69) is 10.1 Å². The van der Waals surface area contributed by atoms with Crippen molar-refractivity contribution in [2.45, 2.75) is 0 Å². The van der Waals surface area contributed by atoms with Crippen LogP contribution in [0.2, 0.25) is 0 Å². The zero-order valence-electron chi connectivity index (χ0n) is 7.15. The van der Waals surface area contributed by atoms with Crippen LogP contribution in [0.5, 0.6) is 0 Å². The molecule has 0 aliphatic heterocycles. The fourth-order valence-corrected chi connectivity index (χ4v) is 1.29. The molecule has 2 heterocycles. The van der Waals surface area contributed by atoms with Crippen LogP contribution >= 0.6 is 0 Å². The molecule has 0 saturated heterocycles. The highest BCUT2D eigenvalue weighted by Gasteiger charge is 2.10. The van der Waals surface area contributed by atoms with Gasteiger partial charge in [-0.2, -0.15) is 5.10 Å². The van der Waals surface area contributed by atoms with Crippen LogP contribution in [0, 0.1) is 5.41 Å². The van der Waals surface area contributed by atoms with Crippen LogP contribution in [0.15, 0.2) is 18.3 Å². The Morgan fingerprint density at radius 2 is 2.38 bits per heavy atom. The zero-order chi connectivity index (χ0) is 9.42. The van der Waals surface area contributed by atoms with Crippen molar-refractivity contribution in [2.24, 2.45) is 12.8 Å². The van der Waals surface area contributed by atoms with Gasteiger partial charge in [-0.3, -0.25) is 5.41 Å². The van der Waals surface area contributed by atoms with Crippen LogP contribution < -0.4 is 5.73 Å². The Balaban J connectivity index is 2.85. The molecular weight excluding hydrogens is 166 g/mol. The second-order valence-electron chi connectivity index (χ2n) is 2.76. The summed E-state index contributed by atoms with van der Waals surface area (Å²) in [6.07, 6.45) is 1.69. The molecule has 0 aliphatic carbocycles. The maximum Gasteiger partial charge on any atom is 0.158 e. The molecule has 0 saturated carbocycles. The van der Waals surface area contributed by atoms with Crippen molar-refractivity contribution >= 4 is 16.9 Å². The van der Waals surface area contributed by atoms with E-state index >= 15 is 0 Å². The van der Waals surface area contributed by atoms with Gasteiger partial charge in [0, 0.05) is 13.2 Å². The highest BCUT2D eigenvalue weighted by molar-refractivity contribution is 6.04. The number of aromatic nitrogens is 3. The predicted octanol–water partition coefficient (Wildman–Crippen LogP) is 0.252. The molecule has 0 bridgehead atoms. The fourth-order valence-electron chi connectivity index (χ4n) is 1.29. The SMILES string of the molecule is Cn1nc(C(=N)N)c2cccnc21. The molecular formula is C8H9N5. The third-order valence-electron chi connectivity index (χ3n) is 1.85. The molecule has 0 radical (unpaired) electrons. The lowest BCUT2D eigenvalue weighted by atomic mass is 10.2. The van der Waals surface area contributed by atoms with Crippen molar-refractivity contribution in [1.29, 1.82) is 5.41 Å². The minimum Gasteiger partial charge on any atom is -0.382 e. The molecule has 13 heavy (non-hydrogen) atoms. The molecule has 2 aromatic heterocycles. The summed E-state index contributed by atoms with van der Waals surface area (Å²) >= 11 is 0. The Kier molecular flexibility index (Phi) is 1.51. The van der Waals surface area contributed by atoms with Crippen molar-refractivity contribution in [3.8, 4) is 0 Å². The lowest BCUT2D eigenvalue weighted by Crippen LogP contribution is -2.12. The number of hydrogen-bond donors (Lipinski definition) is 2. The minimum absolute atomic E-state index is 0.0291. The number of aryl methyl sites for hydroxylation is 1. The van der Waals surface area contributed by atoms with Gasteiger partial charge in [0.15, 0.2) is 5.65 Å². The number of nitrogens with one attached hydrogen (secondary N) is 1. The van der Waals surface area contributed by atoms with Gasteiger partial charge in [0.05, 0.1) is 5.39 Å². The standard InChI is InChI=1S/C8H9N5/c1-13-8-5(3-2-4-11-8)6(12-13)7(9)10/h2-4H,1H3,(H3,9,10). The first-order valence-corrected chi connectivity index (χ1v) is 3.82. The summed E-state index contributed by atoms with van der Waals surface area (Å²) in [5.41, 5.74) is 6.61. The van der Waals surface area contributed by atoms with Gasteiger partial charge < -0.3 is 5.73 Å². The number of nitrogen functional groups attached to an aromatic ring is 1. The average molecular weight is 175 g/mol.